The zero-order chi connectivity index (χ0) is 24.3. The van der Waals surface area contributed by atoms with Crippen molar-refractivity contribution in [2.45, 2.75) is 42.9 Å². The van der Waals surface area contributed by atoms with Crippen molar-refractivity contribution in [3.63, 3.8) is 0 Å². The Balaban J connectivity index is 1.11. The summed E-state index contributed by atoms with van der Waals surface area (Å²) in [6, 6.07) is 6.24. The van der Waals surface area contributed by atoms with Crippen molar-refractivity contribution in [1.82, 2.24) is 10.6 Å². The molecule has 1 atom stereocenters. The van der Waals surface area contributed by atoms with E-state index in [2.05, 4.69) is 10.6 Å². The fraction of sp³-hybridized carbons (Fsp3) is 0.348. The monoisotopic (exact) mass is 510 g/mol. The molecule has 3 saturated carbocycles. The molecule has 0 spiro atoms. The number of fused-ring (bicyclic) bond motifs is 1. The van der Waals surface area contributed by atoms with Crippen molar-refractivity contribution in [1.29, 1.82) is 0 Å². The van der Waals surface area contributed by atoms with Crippen LogP contribution in [0.2, 0.25) is 10.0 Å². The van der Waals surface area contributed by atoms with E-state index in [9.17, 15) is 23.2 Å². The van der Waals surface area contributed by atoms with Gasteiger partial charge >= 0.3 is 0 Å². The van der Waals surface area contributed by atoms with Gasteiger partial charge in [-0.05, 0) is 37.5 Å². The molecule has 1 aliphatic heterocycles. The predicted octanol–water partition coefficient (Wildman–Crippen LogP) is 3.59. The van der Waals surface area contributed by atoms with E-state index in [-0.39, 0.29) is 30.2 Å². The van der Waals surface area contributed by atoms with E-state index in [1.807, 2.05) is 0 Å². The number of amides is 2. The summed E-state index contributed by atoms with van der Waals surface area (Å²) in [5.74, 6) is -3.36. The molecule has 6 rings (SSSR count). The predicted molar refractivity (Wildman–Crippen MR) is 117 cm³/mol. The highest BCUT2D eigenvalue weighted by atomic mass is 35.5. The number of carbonyl (C=O) groups is 3. The molecule has 3 aliphatic carbocycles. The van der Waals surface area contributed by atoms with Crippen LogP contribution < -0.4 is 20.1 Å². The van der Waals surface area contributed by atoms with Gasteiger partial charge < -0.3 is 20.1 Å². The summed E-state index contributed by atoms with van der Waals surface area (Å²) in [7, 11) is 0. The number of carbonyl (C=O) groups excluding carboxylic acids is 3. The maximum atomic E-state index is 13.5. The first-order chi connectivity index (χ1) is 16.1. The van der Waals surface area contributed by atoms with E-state index in [4.69, 9.17) is 32.7 Å². The van der Waals surface area contributed by atoms with Crippen molar-refractivity contribution < 1.29 is 32.6 Å². The van der Waals surface area contributed by atoms with Gasteiger partial charge in [-0.1, -0.05) is 23.2 Å². The normalized spacial score (nSPS) is 26.4. The van der Waals surface area contributed by atoms with Crippen molar-refractivity contribution in [3.8, 4) is 11.5 Å². The zero-order valence-corrected chi connectivity index (χ0v) is 19.1. The number of ether oxygens (including phenoxy) is 2. The van der Waals surface area contributed by atoms with Crippen LogP contribution in [-0.2, 0) is 9.59 Å². The first-order valence-electron chi connectivity index (χ1n) is 10.5. The van der Waals surface area contributed by atoms with E-state index in [0.29, 0.717) is 35.1 Å². The van der Waals surface area contributed by atoms with Gasteiger partial charge in [0, 0.05) is 23.2 Å². The Morgan fingerprint density at radius 2 is 1.71 bits per heavy atom. The summed E-state index contributed by atoms with van der Waals surface area (Å²) in [5, 5.41) is 6.51. The molecule has 1 heterocycles. The minimum Gasteiger partial charge on any atom is -0.484 e. The van der Waals surface area contributed by atoms with E-state index in [1.165, 1.54) is 6.07 Å². The maximum Gasteiger partial charge on any atom is 0.261 e. The molecule has 2 amide bonds. The first kappa shape index (κ1) is 22.9. The Hall–Kier alpha value is -2.91. The van der Waals surface area contributed by atoms with Gasteiger partial charge in [0.05, 0.1) is 22.0 Å². The molecular formula is C23H18Cl2F2N2O5. The average Bonchev–Trinajstić information content (AvgIpc) is 2.73. The number of rotatable bonds is 6. The van der Waals surface area contributed by atoms with Gasteiger partial charge in [-0.2, -0.15) is 0 Å². The number of hydrogen-bond acceptors (Lipinski definition) is 5. The van der Waals surface area contributed by atoms with Crippen LogP contribution in [0.3, 0.4) is 0 Å². The number of hydrogen-bond donors (Lipinski definition) is 2. The molecule has 0 saturated heterocycles. The molecule has 3 fully saturated rings. The molecule has 0 aromatic heterocycles. The lowest BCUT2D eigenvalue weighted by atomic mass is 9.44. The molecule has 2 aromatic carbocycles. The van der Waals surface area contributed by atoms with Crippen LogP contribution >= 0.6 is 23.2 Å². The van der Waals surface area contributed by atoms with Gasteiger partial charge in [0.1, 0.15) is 11.5 Å². The summed E-state index contributed by atoms with van der Waals surface area (Å²) in [5.41, 5.74) is -0.990. The highest BCUT2D eigenvalue weighted by molar-refractivity contribution is 6.42. The summed E-state index contributed by atoms with van der Waals surface area (Å²) in [6.45, 7) is -0.201. The topological polar surface area (TPSA) is 93.7 Å². The van der Waals surface area contributed by atoms with Gasteiger partial charge in [0.2, 0.25) is 0 Å². The van der Waals surface area contributed by atoms with Crippen molar-refractivity contribution in [2.24, 2.45) is 0 Å². The van der Waals surface area contributed by atoms with E-state index >= 15 is 0 Å². The van der Waals surface area contributed by atoms with Gasteiger partial charge in [0.25, 0.3) is 11.8 Å². The molecule has 2 bridgehead atoms. The molecule has 11 heteroatoms. The van der Waals surface area contributed by atoms with Crippen LogP contribution in [0, 0.1) is 11.6 Å². The van der Waals surface area contributed by atoms with E-state index < -0.39 is 40.5 Å². The molecule has 34 heavy (non-hydrogen) atoms. The molecule has 0 radical (unpaired) electrons. The minimum absolute atomic E-state index is 0.0850. The largest absolute Gasteiger partial charge is 0.484 e. The third-order valence-corrected chi connectivity index (χ3v) is 7.08. The number of nitrogens with one attached hydrogen (secondary N) is 2. The Labute approximate surface area is 202 Å². The number of ketones is 1. The minimum atomic E-state index is -1.16. The standard InChI is InChI=1S/C23H18Cl2F2N2O5/c24-13-2-1-11(3-14(13)25)33-7-20(31)28-22-8-23(9-22,10-22)29-21(32)19-6-17(30)12-4-15(26)16(27)5-18(12)34-19/h1-5,19H,6-10H2,(H,28,31)(H,29,32)/t19-,22?,23?/m0/s1. The molecule has 0 unspecified atom stereocenters. The quantitative estimate of drug-likeness (QED) is 0.619. The fourth-order valence-electron chi connectivity index (χ4n) is 4.91. The molecule has 178 valence electrons. The molecular weight excluding hydrogens is 493 g/mol. The van der Waals surface area contributed by atoms with Gasteiger partial charge in [-0.3, -0.25) is 14.4 Å². The van der Waals surface area contributed by atoms with Crippen molar-refractivity contribution >= 4 is 40.8 Å². The Bertz CT molecular complexity index is 1220. The third-order valence-electron chi connectivity index (χ3n) is 6.34. The Kier molecular flexibility index (Phi) is 5.44. The first-order valence-corrected chi connectivity index (χ1v) is 11.2. The van der Waals surface area contributed by atoms with Gasteiger partial charge in [0.15, 0.2) is 30.1 Å². The highest BCUT2D eigenvalue weighted by Crippen LogP contribution is 2.60. The number of benzene rings is 2. The zero-order valence-electron chi connectivity index (χ0n) is 17.6. The third kappa shape index (κ3) is 4.07. The average molecular weight is 511 g/mol. The molecule has 7 nitrogen and oxygen atoms in total. The highest BCUT2D eigenvalue weighted by Gasteiger charge is 2.69. The van der Waals surface area contributed by atoms with Crippen LogP contribution in [0.4, 0.5) is 8.78 Å². The summed E-state index contributed by atoms with van der Waals surface area (Å²) in [6.07, 6.45) is 0.182. The fourth-order valence-corrected chi connectivity index (χ4v) is 5.19. The van der Waals surface area contributed by atoms with Crippen molar-refractivity contribution in [2.75, 3.05) is 6.61 Å². The van der Waals surface area contributed by atoms with Crippen LogP contribution in [0.15, 0.2) is 30.3 Å². The second-order valence-electron chi connectivity index (χ2n) is 8.99. The smallest absolute Gasteiger partial charge is 0.261 e. The maximum absolute atomic E-state index is 13.5. The molecule has 4 aliphatic rings. The Morgan fingerprint density at radius 1 is 1.03 bits per heavy atom. The Morgan fingerprint density at radius 3 is 2.41 bits per heavy atom. The second kappa shape index (κ2) is 8.09. The van der Waals surface area contributed by atoms with Crippen LogP contribution in [0.1, 0.15) is 36.0 Å². The van der Waals surface area contributed by atoms with Gasteiger partial charge in [-0.25, -0.2) is 8.78 Å². The lowest BCUT2D eigenvalue weighted by Gasteiger charge is -2.70. The summed E-state index contributed by atoms with van der Waals surface area (Å²) >= 11 is 11.8. The summed E-state index contributed by atoms with van der Waals surface area (Å²) in [4.78, 5) is 37.2. The summed E-state index contributed by atoms with van der Waals surface area (Å²) < 4.78 is 37.8. The van der Waals surface area contributed by atoms with Gasteiger partial charge in [-0.15, -0.1) is 0 Å². The van der Waals surface area contributed by atoms with Crippen molar-refractivity contribution in [3.05, 3.63) is 57.6 Å². The number of Topliss-reactive ketones (excluding diaryl/α,β-unsaturated/α-hetero) is 1. The van der Waals surface area contributed by atoms with Crippen LogP contribution in [-0.4, -0.2) is 41.4 Å². The lowest BCUT2D eigenvalue weighted by molar-refractivity contribution is -0.154. The van der Waals surface area contributed by atoms with Crippen LogP contribution in [0.5, 0.6) is 11.5 Å². The van der Waals surface area contributed by atoms with E-state index in [0.717, 1.165) is 12.1 Å². The number of halogens is 4. The molecule has 2 N–H and O–H groups in total. The van der Waals surface area contributed by atoms with Crippen LogP contribution in [0.25, 0.3) is 0 Å². The van der Waals surface area contributed by atoms with E-state index in [1.54, 1.807) is 12.1 Å². The second-order valence-corrected chi connectivity index (χ2v) is 9.80. The molecule has 2 aromatic rings. The lowest BCUT2D eigenvalue weighted by Crippen LogP contribution is -2.84. The SMILES string of the molecule is O=C(COc1ccc(Cl)c(Cl)c1)NC12CC(NC(=O)[C@@H]3CC(=O)c4cc(F)c(F)cc4O3)(C1)C2.